The third kappa shape index (κ3) is 7.23. The predicted octanol–water partition coefficient (Wildman–Crippen LogP) is 0.823. The molecule has 1 unspecified atom stereocenters. The monoisotopic (exact) mass is 231 g/mol. The molecule has 0 spiro atoms. The van der Waals surface area contributed by atoms with Crippen molar-refractivity contribution in [1.29, 1.82) is 0 Å². The molecule has 1 saturated heterocycles. The molecule has 0 aromatic rings. The van der Waals surface area contributed by atoms with E-state index in [4.69, 9.17) is 9.47 Å². The van der Waals surface area contributed by atoms with Crippen LogP contribution in [0.5, 0.6) is 0 Å². The zero-order valence-corrected chi connectivity index (χ0v) is 10.5. The van der Waals surface area contributed by atoms with Crippen LogP contribution in [0.2, 0.25) is 0 Å². The van der Waals surface area contributed by atoms with Crippen molar-refractivity contribution in [2.24, 2.45) is 0 Å². The second kappa shape index (κ2) is 8.10. The lowest BCUT2D eigenvalue weighted by Gasteiger charge is -2.08. The quantitative estimate of drug-likeness (QED) is 0.675. The van der Waals surface area contributed by atoms with Crippen molar-refractivity contribution in [2.75, 3.05) is 27.3 Å². The van der Waals surface area contributed by atoms with Crippen molar-refractivity contribution in [2.45, 2.75) is 32.8 Å². The summed E-state index contributed by atoms with van der Waals surface area (Å²) in [6.45, 7) is 4.58. The Hall–Kier alpha value is -1.10. The first-order valence-electron chi connectivity index (χ1n) is 5.37. The molecule has 0 saturated carbocycles. The molecule has 0 bridgehead atoms. The van der Waals surface area contributed by atoms with E-state index in [1.54, 1.807) is 18.9 Å². The summed E-state index contributed by atoms with van der Waals surface area (Å²) in [5.74, 6) is 0.0274. The van der Waals surface area contributed by atoms with Gasteiger partial charge < -0.3 is 14.4 Å². The van der Waals surface area contributed by atoms with Crippen molar-refractivity contribution >= 4 is 11.9 Å². The van der Waals surface area contributed by atoms with E-state index in [0.717, 1.165) is 19.4 Å². The summed E-state index contributed by atoms with van der Waals surface area (Å²) in [6, 6.07) is 0. The molecule has 1 atom stereocenters. The minimum Gasteiger partial charge on any atom is -0.460 e. The topological polar surface area (TPSA) is 55.8 Å². The molecule has 0 N–H and O–H groups in total. The van der Waals surface area contributed by atoms with Crippen molar-refractivity contribution in [3.63, 3.8) is 0 Å². The number of methoxy groups -OCH3 is 1. The van der Waals surface area contributed by atoms with Crippen molar-refractivity contribution in [1.82, 2.24) is 4.90 Å². The standard InChI is InChI=1S/C6H12O3.C5H9NO/c1-5(4-8-3)9-6(2)7;1-6-4-2-3-5(6)7/h5H,4H2,1-3H3;2-4H2,1H3. The van der Waals surface area contributed by atoms with Crippen molar-refractivity contribution in [3.8, 4) is 0 Å². The summed E-state index contributed by atoms with van der Waals surface area (Å²) in [6.07, 6.45) is 1.68. The average Bonchev–Trinajstić information content (AvgIpc) is 2.51. The van der Waals surface area contributed by atoms with E-state index in [9.17, 15) is 9.59 Å². The van der Waals surface area contributed by atoms with E-state index < -0.39 is 0 Å². The van der Waals surface area contributed by atoms with Gasteiger partial charge in [0.1, 0.15) is 6.10 Å². The smallest absolute Gasteiger partial charge is 0.302 e. The fourth-order valence-corrected chi connectivity index (χ4v) is 1.34. The predicted molar refractivity (Wildman–Crippen MR) is 60.0 cm³/mol. The summed E-state index contributed by atoms with van der Waals surface area (Å²) in [5.41, 5.74) is 0. The highest BCUT2D eigenvalue weighted by atomic mass is 16.6. The zero-order valence-electron chi connectivity index (χ0n) is 10.5. The van der Waals surface area contributed by atoms with Gasteiger partial charge in [0.25, 0.3) is 0 Å². The number of carbonyl (C=O) groups is 2. The van der Waals surface area contributed by atoms with Crippen LogP contribution in [0, 0.1) is 0 Å². The molecule has 0 aromatic carbocycles. The second-order valence-corrected chi connectivity index (χ2v) is 3.79. The summed E-state index contributed by atoms with van der Waals surface area (Å²) in [4.78, 5) is 22.5. The minimum atomic E-state index is -0.264. The molecule has 1 amide bonds. The number of amides is 1. The van der Waals surface area contributed by atoms with E-state index in [-0.39, 0.29) is 12.1 Å². The zero-order chi connectivity index (χ0) is 12.6. The van der Waals surface area contributed by atoms with Crippen LogP contribution in [-0.2, 0) is 19.1 Å². The summed E-state index contributed by atoms with van der Waals surface area (Å²) in [7, 11) is 3.41. The van der Waals surface area contributed by atoms with E-state index in [0.29, 0.717) is 12.5 Å². The van der Waals surface area contributed by atoms with Crippen LogP contribution in [0.4, 0.5) is 0 Å². The summed E-state index contributed by atoms with van der Waals surface area (Å²) < 4.78 is 9.45. The molecule has 1 heterocycles. The molecule has 0 aromatic heterocycles. The third-order valence-corrected chi connectivity index (χ3v) is 2.08. The lowest BCUT2D eigenvalue weighted by Crippen LogP contribution is -2.17. The van der Waals surface area contributed by atoms with Gasteiger partial charge in [0, 0.05) is 34.0 Å². The molecule has 0 radical (unpaired) electrons. The molecular formula is C11H21NO4. The Balaban J connectivity index is 0.000000288. The Kier molecular flexibility index (Phi) is 7.54. The normalized spacial score (nSPS) is 16.5. The molecule has 1 aliphatic heterocycles. The Morgan fingerprint density at radius 2 is 2.19 bits per heavy atom. The van der Waals surface area contributed by atoms with Crippen LogP contribution >= 0.6 is 0 Å². The highest BCUT2D eigenvalue weighted by Crippen LogP contribution is 2.04. The summed E-state index contributed by atoms with van der Waals surface area (Å²) in [5, 5.41) is 0. The fourth-order valence-electron chi connectivity index (χ4n) is 1.34. The Morgan fingerprint density at radius 3 is 2.44 bits per heavy atom. The van der Waals surface area contributed by atoms with Gasteiger partial charge in [-0.05, 0) is 13.3 Å². The van der Waals surface area contributed by atoms with Gasteiger partial charge in [-0.2, -0.15) is 0 Å². The van der Waals surface area contributed by atoms with Gasteiger partial charge in [-0.15, -0.1) is 0 Å². The SMILES string of the molecule is CN1CCCC1=O.COCC(C)OC(C)=O. The lowest BCUT2D eigenvalue weighted by atomic mass is 10.4. The maximum absolute atomic E-state index is 10.5. The van der Waals surface area contributed by atoms with Gasteiger partial charge in [-0.1, -0.05) is 0 Å². The van der Waals surface area contributed by atoms with Crippen LogP contribution in [0.25, 0.3) is 0 Å². The molecular weight excluding hydrogens is 210 g/mol. The number of hydrogen-bond donors (Lipinski definition) is 0. The first kappa shape index (κ1) is 14.9. The third-order valence-electron chi connectivity index (χ3n) is 2.08. The number of esters is 1. The number of hydrogen-bond acceptors (Lipinski definition) is 4. The van der Waals surface area contributed by atoms with Crippen molar-refractivity contribution in [3.05, 3.63) is 0 Å². The van der Waals surface area contributed by atoms with E-state index in [1.165, 1.54) is 6.92 Å². The van der Waals surface area contributed by atoms with Gasteiger partial charge in [-0.3, -0.25) is 9.59 Å². The fraction of sp³-hybridized carbons (Fsp3) is 0.818. The number of likely N-dealkylation sites (tertiary alicyclic amines) is 1. The minimum absolute atomic E-state index is 0.132. The largest absolute Gasteiger partial charge is 0.460 e. The molecule has 1 aliphatic rings. The highest BCUT2D eigenvalue weighted by molar-refractivity contribution is 5.77. The van der Waals surface area contributed by atoms with Crippen molar-refractivity contribution < 1.29 is 19.1 Å². The van der Waals surface area contributed by atoms with Crippen LogP contribution in [0.1, 0.15) is 26.7 Å². The number of rotatable bonds is 3. The van der Waals surface area contributed by atoms with E-state index >= 15 is 0 Å². The van der Waals surface area contributed by atoms with Gasteiger partial charge >= 0.3 is 5.97 Å². The van der Waals surface area contributed by atoms with Gasteiger partial charge in [0.2, 0.25) is 5.91 Å². The molecule has 0 aliphatic carbocycles. The number of ether oxygens (including phenoxy) is 2. The lowest BCUT2D eigenvalue weighted by molar-refractivity contribution is -0.147. The van der Waals surface area contributed by atoms with Crippen LogP contribution in [-0.4, -0.2) is 50.2 Å². The number of carbonyl (C=O) groups excluding carboxylic acids is 2. The van der Waals surface area contributed by atoms with Crippen LogP contribution in [0.15, 0.2) is 0 Å². The molecule has 1 fully saturated rings. The highest BCUT2D eigenvalue weighted by Gasteiger charge is 2.14. The molecule has 16 heavy (non-hydrogen) atoms. The van der Waals surface area contributed by atoms with Gasteiger partial charge in [0.05, 0.1) is 6.61 Å². The second-order valence-electron chi connectivity index (χ2n) is 3.79. The molecule has 5 nitrogen and oxygen atoms in total. The van der Waals surface area contributed by atoms with Gasteiger partial charge in [-0.25, -0.2) is 0 Å². The van der Waals surface area contributed by atoms with Crippen LogP contribution < -0.4 is 0 Å². The number of nitrogens with zero attached hydrogens (tertiary/aromatic N) is 1. The van der Waals surface area contributed by atoms with Gasteiger partial charge in [0.15, 0.2) is 0 Å². The maximum Gasteiger partial charge on any atom is 0.302 e. The first-order valence-corrected chi connectivity index (χ1v) is 5.37. The molecule has 1 rings (SSSR count). The maximum atomic E-state index is 10.5. The van der Waals surface area contributed by atoms with E-state index in [2.05, 4.69) is 0 Å². The Morgan fingerprint density at radius 1 is 1.56 bits per heavy atom. The molecule has 5 heteroatoms. The Labute approximate surface area is 96.7 Å². The summed E-state index contributed by atoms with van der Waals surface area (Å²) >= 11 is 0. The van der Waals surface area contributed by atoms with Crippen LogP contribution in [0.3, 0.4) is 0 Å². The first-order chi connectivity index (χ1) is 7.47. The average molecular weight is 231 g/mol. The van der Waals surface area contributed by atoms with E-state index in [1.807, 2.05) is 7.05 Å². The molecule has 94 valence electrons. The Bertz CT molecular complexity index is 230.